The highest BCUT2D eigenvalue weighted by Crippen LogP contribution is 2.23. The highest BCUT2D eigenvalue weighted by atomic mass is 16.3. The molecule has 0 radical (unpaired) electrons. The lowest BCUT2D eigenvalue weighted by atomic mass is 10.0. The lowest BCUT2D eigenvalue weighted by Gasteiger charge is -2.06. The minimum atomic E-state index is 0.00919. The van der Waals surface area contributed by atoms with Gasteiger partial charge in [-0.25, -0.2) is 0 Å². The van der Waals surface area contributed by atoms with E-state index in [2.05, 4.69) is 71.9 Å². The molecule has 0 aliphatic rings. The molecular weight excluding hydrogens is 480 g/mol. The lowest BCUT2D eigenvalue weighted by molar-refractivity contribution is 0.326. The topological polar surface area (TPSA) is 60.7 Å². The van der Waals surface area contributed by atoms with Crippen LogP contribution >= 0.6 is 0 Å². The first-order valence-electron chi connectivity index (χ1n) is 14.7. The molecule has 3 N–H and O–H groups in total. The molecule has 3 heteroatoms. The van der Waals surface area contributed by atoms with Gasteiger partial charge in [0.25, 0.3) is 0 Å². The van der Waals surface area contributed by atoms with E-state index in [0.717, 1.165) is 63.4 Å². The maximum atomic E-state index is 9.92. The summed E-state index contributed by atoms with van der Waals surface area (Å²) in [5, 5.41) is 29.2. The lowest BCUT2D eigenvalue weighted by Crippen LogP contribution is -1.93. The van der Waals surface area contributed by atoms with Gasteiger partial charge in [0, 0.05) is 5.56 Å². The second-order valence-electron chi connectivity index (χ2n) is 11.2. The van der Waals surface area contributed by atoms with E-state index in [1.165, 1.54) is 46.4 Å². The third-order valence-electron chi connectivity index (χ3n) is 7.02. The van der Waals surface area contributed by atoms with Crippen LogP contribution < -0.4 is 0 Å². The van der Waals surface area contributed by atoms with Gasteiger partial charge in [-0.15, -0.1) is 0 Å². The zero-order valence-corrected chi connectivity index (χ0v) is 25.5. The van der Waals surface area contributed by atoms with Crippen LogP contribution in [-0.4, -0.2) is 21.9 Å². The van der Waals surface area contributed by atoms with E-state index in [4.69, 9.17) is 0 Å². The second-order valence-corrected chi connectivity index (χ2v) is 11.2. The molecule has 1 aromatic rings. The second kappa shape index (κ2) is 20.2. The fourth-order valence-electron chi connectivity index (χ4n) is 4.37. The summed E-state index contributed by atoms with van der Waals surface area (Å²) >= 11 is 0. The van der Waals surface area contributed by atoms with Crippen molar-refractivity contribution in [2.24, 2.45) is 0 Å². The van der Waals surface area contributed by atoms with E-state index in [1.54, 1.807) is 6.07 Å². The predicted molar refractivity (Wildman–Crippen MR) is 169 cm³/mol. The summed E-state index contributed by atoms with van der Waals surface area (Å²) in [7, 11) is 0. The molecule has 0 bridgehead atoms. The highest BCUT2D eigenvalue weighted by Gasteiger charge is 2.03. The Morgan fingerprint density at radius 2 is 1.03 bits per heavy atom. The van der Waals surface area contributed by atoms with Crippen molar-refractivity contribution < 1.29 is 15.3 Å². The summed E-state index contributed by atoms with van der Waals surface area (Å²) in [5.74, 6) is 0.298. The zero-order valence-electron chi connectivity index (χ0n) is 25.5. The molecule has 0 atom stereocenters. The molecule has 0 unspecified atom stereocenters. The molecule has 0 saturated heterocycles. The largest absolute Gasteiger partial charge is 0.508 e. The maximum absolute atomic E-state index is 9.92. The number of allylic oxidation sites excluding steroid dienone is 11. The summed E-state index contributed by atoms with van der Waals surface area (Å²) in [6.45, 7) is 13.3. The van der Waals surface area contributed by atoms with E-state index in [0.29, 0.717) is 12.0 Å². The average molecular weight is 535 g/mol. The van der Waals surface area contributed by atoms with Crippen molar-refractivity contribution >= 4 is 0 Å². The number of rotatable bonds is 18. The Labute approximate surface area is 239 Å². The van der Waals surface area contributed by atoms with E-state index >= 15 is 0 Å². The normalized spacial score (nSPS) is 13.7. The van der Waals surface area contributed by atoms with Crippen LogP contribution in [0.1, 0.15) is 111 Å². The van der Waals surface area contributed by atoms with Crippen molar-refractivity contribution in [2.45, 2.75) is 112 Å². The molecule has 3 nitrogen and oxygen atoms in total. The summed E-state index contributed by atoms with van der Waals surface area (Å²) in [6, 6.07) is 4.52. The summed E-state index contributed by atoms with van der Waals surface area (Å²) in [5.41, 5.74) is 8.84. The van der Waals surface area contributed by atoms with Crippen LogP contribution in [0, 0.1) is 0 Å². The molecule has 0 aliphatic heterocycles. The van der Waals surface area contributed by atoms with Crippen LogP contribution in [-0.2, 0) is 6.42 Å². The fraction of sp³-hybridized carbons (Fsp3) is 0.500. The summed E-state index contributed by atoms with van der Waals surface area (Å²) in [6.07, 6.45) is 24.9. The number of aliphatic hydroxyl groups excluding tert-OH is 1. The number of phenols is 2. The Balaban J connectivity index is 2.33. The number of aliphatic hydroxyl groups is 1. The summed E-state index contributed by atoms with van der Waals surface area (Å²) < 4.78 is 0. The number of benzene rings is 1. The van der Waals surface area contributed by atoms with E-state index in [-0.39, 0.29) is 18.1 Å². The van der Waals surface area contributed by atoms with Crippen molar-refractivity contribution in [1.82, 2.24) is 0 Å². The Kier molecular flexibility index (Phi) is 17.7. The van der Waals surface area contributed by atoms with E-state index in [1.807, 2.05) is 6.08 Å². The molecular formula is C36H54O3. The van der Waals surface area contributed by atoms with Crippen molar-refractivity contribution in [3.05, 3.63) is 93.7 Å². The van der Waals surface area contributed by atoms with Crippen LogP contribution in [0.4, 0.5) is 0 Å². The van der Waals surface area contributed by atoms with E-state index in [9.17, 15) is 15.3 Å². The van der Waals surface area contributed by atoms with E-state index < -0.39 is 0 Å². The van der Waals surface area contributed by atoms with Gasteiger partial charge in [0.1, 0.15) is 11.5 Å². The molecule has 0 heterocycles. The van der Waals surface area contributed by atoms with Gasteiger partial charge >= 0.3 is 0 Å². The van der Waals surface area contributed by atoms with Crippen LogP contribution in [0.2, 0.25) is 0 Å². The van der Waals surface area contributed by atoms with Crippen molar-refractivity contribution in [3.8, 4) is 11.5 Å². The molecule has 0 aliphatic carbocycles. The molecule has 0 saturated carbocycles. The van der Waals surface area contributed by atoms with Crippen molar-refractivity contribution in [3.63, 3.8) is 0 Å². The quantitative estimate of drug-likeness (QED) is 0.130. The first-order valence-corrected chi connectivity index (χ1v) is 14.7. The molecule has 0 amide bonds. The highest BCUT2D eigenvalue weighted by molar-refractivity contribution is 5.40. The van der Waals surface area contributed by atoms with Gasteiger partial charge in [0.05, 0.1) is 6.61 Å². The molecule has 0 aromatic heterocycles. The molecule has 1 aromatic carbocycles. The van der Waals surface area contributed by atoms with Crippen molar-refractivity contribution in [2.75, 3.05) is 6.61 Å². The first-order chi connectivity index (χ1) is 18.6. The Morgan fingerprint density at radius 3 is 1.46 bits per heavy atom. The number of aromatic hydroxyl groups is 2. The van der Waals surface area contributed by atoms with Crippen LogP contribution in [0.25, 0.3) is 0 Å². The molecule has 39 heavy (non-hydrogen) atoms. The zero-order chi connectivity index (χ0) is 29.0. The van der Waals surface area contributed by atoms with Gasteiger partial charge < -0.3 is 15.3 Å². The predicted octanol–water partition coefficient (Wildman–Crippen LogP) is 10.2. The van der Waals surface area contributed by atoms with Crippen LogP contribution in [0.5, 0.6) is 11.5 Å². The number of phenolic OH excluding ortho intramolecular Hbond substituents is 2. The van der Waals surface area contributed by atoms with Crippen molar-refractivity contribution in [1.29, 1.82) is 0 Å². The third-order valence-corrected chi connectivity index (χ3v) is 7.02. The van der Waals surface area contributed by atoms with Gasteiger partial charge in [-0.05, 0) is 136 Å². The smallest absolute Gasteiger partial charge is 0.119 e. The molecule has 1 rings (SSSR count). The minimum absolute atomic E-state index is 0.00919. The molecule has 216 valence electrons. The Morgan fingerprint density at radius 1 is 0.590 bits per heavy atom. The van der Waals surface area contributed by atoms with Gasteiger partial charge in [-0.2, -0.15) is 0 Å². The minimum Gasteiger partial charge on any atom is -0.508 e. The van der Waals surface area contributed by atoms with Crippen LogP contribution in [0.3, 0.4) is 0 Å². The van der Waals surface area contributed by atoms with Gasteiger partial charge in [-0.3, -0.25) is 0 Å². The maximum Gasteiger partial charge on any atom is 0.119 e. The van der Waals surface area contributed by atoms with Crippen LogP contribution in [0.15, 0.2) is 88.1 Å². The first kappa shape index (κ1) is 34.2. The monoisotopic (exact) mass is 534 g/mol. The van der Waals surface area contributed by atoms with Gasteiger partial charge in [-0.1, -0.05) is 64.3 Å². The molecule has 0 spiro atoms. The number of hydrogen-bond acceptors (Lipinski definition) is 3. The average Bonchev–Trinajstić information content (AvgIpc) is 2.87. The third kappa shape index (κ3) is 17.4. The Hall–Kier alpha value is -2.78. The van der Waals surface area contributed by atoms with Gasteiger partial charge in [0.2, 0.25) is 0 Å². The standard InChI is InChI=1S/C36H54O3/c1-28(2)12-7-13-29(3)14-8-15-30(4)16-9-17-31(5)18-10-19-32(6)20-11-21-33(27-37)22-23-34-26-35(38)24-25-36(34)39/h12,14,16,18,20,22,24-26,37-39H,7-11,13,15,17,19,21,23,27H2,1-6H3/b29-14+,30-16+,31-18+,32-20+,33-22-. The fourth-order valence-corrected chi connectivity index (χ4v) is 4.37. The summed E-state index contributed by atoms with van der Waals surface area (Å²) in [4.78, 5) is 0. The molecule has 0 fully saturated rings. The number of hydrogen-bond donors (Lipinski definition) is 3. The van der Waals surface area contributed by atoms with Gasteiger partial charge in [0.15, 0.2) is 0 Å². The Bertz CT molecular complexity index is 1040. The SMILES string of the molecule is CC(C)=CCC/C(C)=C/CC/C(C)=C/CC/C(C)=C/CC/C(C)=C/CC/C(=C/Cc1cc(O)ccc1O)CO.